The van der Waals surface area contributed by atoms with Crippen LogP contribution >= 0.6 is 11.6 Å². The smallest absolute Gasteiger partial charge is 0.262 e. The normalized spacial score (nSPS) is 13.2. The van der Waals surface area contributed by atoms with Gasteiger partial charge in [-0.25, -0.2) is 4.39 Å². The van der Waals surface area contributed by atoms with Crippen LogP contribution in [0.15, 0.2) is 42.5 Å². The van der Waals surface area contributed by atoms with Crippen molar-refractivity contribution >= 4 is 35.0 Å². The summed E-state index contributed by atoms with van der Waals surface area (Å²) in [6.45, 7) is -0.458. The molecule has 0 spiro atoms. The molecule has 0 fully saturated rings. The van der Waals surface area contributed by atoms with Crippen LogP contribution in [-0.2, 0) is 4.79 Å². The molecule has 0 aromatic heterocycles. The Morgan fingerprint density at radius 3 is 2.57 bits per heavy atom. The van der Waals surface area contributed by atoms with E-state index in [1.54, 1.807) is 0 Å². The van der Waals surface area contributed by atoms with Gasteiger partial charge in [-0.2, -0.15) is 0 Å². The Kier molecular flexibility index (Phi) is 3.83. The fraction of sp³-hybridized carbons (Fsp3) is 0.0625. The highest BCUT2D eigenvalue weighted by atomic mass is 35.5. The minimum Gasteiger partial charge on any atom is -0.324 e. The lowest BCUT2D eigenvalue weighted by molar-refractivity contribution is -0.116. The standard InChI is InChI=1S/C16H10ClFN2O3/c17-9-4-5-12-13(6-9)16(23)20(15(12)22)8-14(21)19-11-3-1-2-10(18)7-11/h1-7H,8H2,(H,19,21). The number of hydrogen-bond acceptors (Lipinski definition) is 3. The Balaban J connectivity index is 1.75. The Labute approximate surface area is 135 Å². The average molecular weight is 333 g/mol. The third-order valence-electron chi connectivity index (χ3n) is 3.34. The predicted molar refractivity (Wildman–Crippen MR) is 81.8 cm³/mol. The summed E-state index contributed by atoms with van der Waals surface area (Å²) in [6.07, 6.45) is 0. The van der Waals surface area contributed by atoms with E-state index in [9.17, 15) is 18.8 Å². The topological polar surface area (TPSA) is 66.5 Å². The van der Waals surface area contributed by atoms with Gasteiger partial charge in [0.05, 0.1) is 11.1 Å². The van der Waals surface area contributed by atoms with Crippen LogP contribution in [0.5, 0.6) is 0 Å². The highest BCUT2D eigenvalue weighted by molar-refractivity contribution is 6.32. The van der Waals surface area contributed by atoms with Crippen LogP contribution in [0.3, 0.4) is 0 Å². The lowest BCUT2D eigenvalue weighted by Gasteiger charge is -2.13. The fourth-order valence-corrected chi connectivity index (χ4v) is 2.49. The molecule has 0 saturated heterocycles. The van der Waals surface area contributed by atoms with Crippen molar-refractivity contribution in [3.8, 4) is 0 Å². The zero-order valence-electron chi connectivity index (χ0n) is 11.7. The molecule has 0 atom stereocenters. The highest BCUT2D eigenvalue weighted by Gasteiger charge is 2.36. The first kappa shape index (κ1) is 15.2. The Hall–Kier alpha value is -2.73. The van der Waals surface area contributed by atoms with Gasteiger partial charge in [0.15, 0.2) is 0 Å². The third-order valence-corrected chi connectivity index (χ3v) is 3.58. The van der Waals surface area contributed by atoms with Crippen molar-refractivity contribution in [1.29, 1.82) is 0 Å². The second-order valence-electron chi connectivity index (χ2n) is 4.94. The summed E-state index contributed by atoms with van der Waals surface area (Å²) in [5.74, 6) is -2.24. The number of nitrogens with zero attached hydrogens (tertiary/aromatic N) is 1. The molecule has 1 N–H and O–H groups in total. The van der Waals surface area contributed by atoms with Crippen LogP contribution in [-0.4, -0.2) is 29.2 Å². The summed E-state index contributed by atoms with van der Waals surface area (Å²) in [5.41, 5.74) is 0.619. The first-order valence-corrected chi connectivity index (χ1v) is 7.04. The van der Waals surface area contributed by atoms with E-state index in [0.29, 0.717) is 5.02 Å². The number of benzene rings is 2. The Morgan fingerprint density at radius 2 is 1.83 bits per heavy atom. The highest BCUT2D eigenvalue weighted by Crippen LogP contribution is 2.25. The number of nitrogens with one attached hydrogen (secondary N) is 1. The predicted octanol–water partition coefficient (Wildman–Crippen LogP) is 2.71. The zero-order valence-corrected chi connectivity index (χ0v) is 12.4. The van der Waals surface area contributed by atoms with Gasteiger partial charge in [0, 0.05) is 10.7 Å². The summed E-state index contributed by atoms with van der Waals surface area (Å²) in [4.78, 5) is 37.2. The van der Waals surface area contributed by atoms with Crippen LogP contribution in [0.4, 0.5) is 10.1 Å². The lowest BCUT2D eigenvalue weighted by Crippen LogP contribution is -2.37. The maximum absolute atomic E-state index is 13.1. The van der Waals surface area contributed by atoms with Gasteiger partial charge in [-0.3, -0.25) is 19.3 Å². The van der Waals surface area contributed by atoms with Crippen LogP contribution < -0.4 is 5.32 Å². The van der Waals surface area contributed by atoms with Crippen molar-refractivity contribution in [2.24, 2.45) is 0 Å². The lowest BCUT2D eigenvalue weighted by atomic mass is 10.1. The zero-order chi connectivity index (χ0) is 16.6. The molecule has 116 valence electrons. The van der Waals surface area contributed by atoms with Gasteiger partial charge in [-0.1, -0.05) is 17.7 Å². The molecule has 2 aromatic rings. The molecule has 3 rings (SSSR count). The number of carbonyl (C=O) groups is 3. The van der Waals surface area contributed by atoms with E-state index in [0.717, 1.165) is 11.0 Å². The molecule has 0 unspecified atom stereocenters. The van der Waals surface area contributed by atoms with E-state index >= 15 is 0 Å². The number of anilines is 1. The van der Waals surface area contributed by atoms with Crippen LogP contribution in [0.2, 0.25) is 5.02 Å². The van der Waals surface area contributed by atoms with Crippen molar-refractivity contribution < 1.29 is 18.8 Å². The van der Waals surface area contributed by atoms with E-state index in [1.807, 2.05) is 0 Å². The minimum absolute atomic E-state index is 0.168. The average Bonchev–Trinajstić information content (AvgIpc) is 2.72. The van der Waals surface area contributed by atoms with Gasteiger partial charge in [0.1, 0.15) is 12.4 Å². The number of carbonyl (C=O) groups excluding carboxylic acids is 3. The van der Waals surface area contributed by atoms with Crippen LogP contribution in [0.25, 0.3) is 0 Å². The summed E-state index contributed by atoms with van der Waals surface area (Å²) in [5, 5.41) is 2.77. The summed E-state index contributed by atoms with van der Waals surface area (Å²) < 4.78 is 13.1. The second-order valence-corrected chi connectivity index (χ2v) is 5.38. The summed E-state index contributed by atoms with van der Waals surface area (Å²) in [6, 6.07) is 9.66. The molecule has 2 aromatic carbocycles. The molecule has 1 aliphatic rings. The van der Waals surface area contributed by atoms with Crippen LogP contribution in [0.1, 0.15) is 20.7 Å². The second kappa shape index (κ2) is 5.81. The maximum atomic E-state index is 13.1. The van der Waals surface area contributed by atoms with E-state index in [-0.39, 0.29) is 16.8 Å². The number of amides is 3. The molecule has 5 nitrogen and oxygen atoms in total. The molecule has 3 amide bonds. The Bertz CT molecular complexity index is 838. The summed E-state index contributed by atoms with van der Waals surface area (Å²) in [7, 11) is 0. The van der Waals surface area contributed by atoms with E-state index in [2.05, 4.69) is 5.32 Å². The van der Waals surface area contributed by atoms with Crippen molar-refractivity contribution in [2.75, 3.05) is 11.9 Å². The molecule has 7 heteroatoms. The molecule has 0 aliphatic carbocycles. The SMILES string of the molecule is O=C(CN1C(=O)c2ccc(Cl)cc2C1=O)Nc1cccc(F)c1. The van der Waals surface area contributed by atoms with Gasteiger partial charge in [0.2, 0.25) is 5.91 Å². The number of hydrogen-bond donors (Lipinski definition) is 1. The van der Waals surface area contributed by atoms with Crippen molar-refractivity contribution in [3.63, 3.8) is 0 Å². The molecule has 0 radical (unpaired) electrons. The van der Waals surface area contributed by atoms with E-state index in [4.69, 9.17) is 11.6 Å². The largest absolute Gasteiger partial charge is 0.324 e. The third kappa shape index (κ3) is 2.93. The quantitative estimate of drug-likeness (QED) is 0.879. The number of rotatable bonds is 3. The van der Waals surface area contributed by atoms with Gasteiger partial charge in [0.25, 0.3) is 11.8 Å². The molecule has 1 aliphatic heterocycles. The molecular weight excluding hydrogens is 323 g/mol. The summed E-state index contributed by atoms with van der Waals surface area (Å²) >= 11 is 5.82. The minimum atomic E-state index is -0.601. The van der Waals surface area contributed by atoms with Gasteiger partial charge < -0.3 is 5.32 Å². The van der Waals surface area contributed by atoms with Gasteiger partial charge in [-0.05, 0) is 36.4 Å². The van der Waals surface area contributed by atoms with E-state index in [1.165, 1.54) is 36.4 Å². The van der Waals surface area contributed by atoms with Gasteiger partial charge >= 0.3 is 0 Å². The Morgan fingerprint density at radius 1 is 1.09 bits per heavy atom. The van der Waals surface area contributed by atoms with Crippen molar-refractivity contribution in [1.82, 2.24) is 4.90 Å². The molecule has 23 heavy (non-hydrogen) atoms. The number of halogens is 2. The maximum Gasteiger partial charge on any atom is 0.262 e. The van der Waals surface area contributed by atoms with E-state index < -0.39 is 30.1 Å². The first-order chi connectivity index (χ1) is 11.0. The van der Waals surface area contributed by atoms with Gasteiger partial charge in [-0.15, -0.1) is 0 Å². The molecular formula is C16H10ClFN2O3. The van der Waals surface area contributed by atoms with Crippen LogP contribution in [0, 0.1) is 5.82 Å². The van der Waals surface area contributed by atoms with Crippen molar-refractivity contribution in [2.45, 2.75) is 0 Å². The fourth-order valence-electron chi connectivity index (χ4n) is 2.32. The number of fused-ring (bicyclic) bond motifs is 1. The number of imide groups is 1. The molecule has 0 saturated carbocycles. The molecule has 1 heterocycles. The first-order valence-electron chi connectivity index (χ1n) is 6.67. The molecule has 0 bridgehead atoms. The monoisotopic (exact) mass is 332 g/mol. The van der Waals surface area contributed by atoms with Crippen molar-refractivity contribution in [3.05, 3.63) is 64.4 Å².